The molecule has 1 aromatic heterocycles. The van der Waals surface area contributed by atoms with Gasteiger partial charge in [0.15, 0.2) is 5.78 Å². The predicted octanol–water partition coefficient (Wildman–Crippen LogP) is 3.72. The number of rotatable bonds is 3. The molecule has 0 fully saturated rings. The minimum absolute atomic E-state index is 0.0752. The summed E-state index contributed by atoms with van der Waals surface area (Å²) in [4.78, 5) is 16.1. The fourth-order valence-corrected chi connectivity index (χ4v) is 1.97. The third-order valence-electron chi connectivity index (χ3n) is 2.59. The maximum absolute atomic E-state index is 13.1. The van der Waals surface area contributed by atoms with Crippen molar-refractivity contribution in [3.63, 3.8) is 0 Å². The fraction of sp³-hybridized carbons (Fsp3) is 0.143. The van der Waals surface area contributed by atoms with Crippen molar-refractivity contribution in [2.24, 2.45) is 0 Å². The summed E-state index contributed by atoms with van der Waals surface area (Å²) in [6.45, 7) is 1.86. The molecule has 18 heavy (non-hydrogen) atoms. The summed E-state index contributed by atoms with van der Waals surface area (Å²) in [5.41, 5.74) is 2.04. The van der Waals surface area contributed by atoms with E-state index in [-0.39, 0.29) is 18.0 Å². The number of carbonyl (C=O) groups is 1. The van der Waals surface area contributed by atoms with E-state index in [0.717, 1.165) is 10.2 Å². The van der Waals surface area contributed by atoms with E-state index in [2.05, 4.69) is 20.9 Å². The smallest absolute Gasteiger partial charge is 0.168 e. The number of ketones is 1. The highest BCUT2D eigenvalue weighted by molar-refractivity contribution is 9.10. The van der Waals surface area contributed by atoms with Crippen LogP contribution in [0.15, 0.2) is 41.0 Å². The molecule has 0 bridgehead atoms. The first-order valence-electron chi connectivity index (χ1n) is 5.46. The molecular weight excluding hydrogens is 297 g/mol. The number of hydrogen-bond donors (Lipinski definition) is 0. The molecule has 2 aromatic rings. The number of halogens is 2. The van der Waals surface area contributed by atoms with Crippen LogP contribution in [0.25, 0.3) is 0 Å². The lowest BCUT2D eigenvalue weighted by Crippen LogP contribution is -2.05. The third kappa shape index (κ3) is 3.01. The van der Waals surface area contributed by atoms with Gasteiger partial charge in [-0.25, -0.2) is 4.39 Å². The van der Waals surface area contributed by atoms with E-state index in [1.807, 2.05) is 6.92 Å². The van der Waals surface area contributed by atoms with Crippen molar-refractivity contribution in [3.8, 4) is 0 Å². The molecule has 92 valence electrons. The third-order valence-corrected chi connectivity index (χ3v) is 3.37. The highest BCUT2D eigenvalue weighted by Crippen LogP contribution is 2.19. The van der Waals surface area contributed by atoms with Crippen molar-refractivity contribution < 1.29 is 9.18 Å². The Morgan fingerprint density at radius 2 is 2.11 bits per heavy atom. The highest BCUT2D eigenvalue weighted by atomic mass is 79.9. The second-order valence-corrected chi connectivity index (χ2v) is 4.88. The molecule has 0 amide bonds. The Morgan fingerprint density at radius 1 is 1.33 bits per heavy atom. The molecule has 0 aliphatic rings. The van der Waals surface area contributed by atoms with E-state index in [0.29, 0.717) is 11.1 Å². The van der Waals surface area contributed by atoms with Crippen LogP contribution < -0.4 is 0 Å². The molecule has 0 atom stereocenters. The van der Waals surface area contributed by atoms with Crippen molar-refractivity contribution in [1.29, 1.82) is 0 Å². The van der Waals surface area contributed by atoms with Gasteiger partial charge in [0.2, 0.25) is 0 Å². The average Bonchev–Trinajstić information content (AvgIpc) is 2.34. The summed E-state index contributed by atoms with van der Waals surface area (Å²) < 4.78 is 13.8. The van der Waals surface area contributed by atoms with Crippen LogP contribution in [0.5, 0.6) is 0 Å². The molecule has 1 aromatic carbocycles. The topological polar surface area (TPSA) is 30.0 Å². The SMILES string of the molecule is Cc1ccc(C(=O)Cc2cc(F)ccc2Br)cn1. The second kappa shape index (κ2) is 5.40. The number of aryl methyl sites for hydroxylation is 1. The van der Waals surface area contributed by atoms with Crippen LogP contribution in [0.2, 0.25) is 0 Å². The van der Waals surface area contributed by atoms with Gasteiger partial charge in [0.1, 0.15) is 5.82 Å². The monoisotopic (exact) mass is 307 g/mol. The lowest BCUT2D eigenvalue weighted by Gasteiger charge is -2.04. The lowest BCUT2D eigenvalue weighted by molar-refractivity contribution is 0.0992. The molecule has 0 saturated carbocycles. The summed E-state index contributed by atoms with van der Waals surface area (Å²) in [6, 6.07) is 7.84. The molecule has 4 heteroatoms. The zero-order chi connectivity index (χ0) is 13.1. The summed E-state index contributed by atoms with van der Waals surface area (Å²) in [6.07, 6.45) is 1.70. The van der Waals surface area contributed by atoms with Crippen molar-refractivity contribution >= 4 is 21.7 Å². The van der Waals surface area contributed by atoms with Crippen LogP contribution >= 0.6 is 15.9 Å². The van der Waals surface area contributed by atoms with E-state index in [9.17, 15) is 9.18 Å². The molecule has 0 spiro atoms. The normalized spacial score (nSPS) is 10.4. The number of benzene rings is 1. The molecular formula is C14H11BrFNO. The van der Waals surface area contributed by atoms with E-state index in [1.165, 1.54) is 12.1 Å². The maximum Gasteiger partial charge on any atom is 0.168 e. The highest BCUT2D eigenvalue weighted by Gasteiger charge is 2.10. The van der Waals surface area contributed by atoms with Gasteiger partial charge in [-0.3, -0.25) is 9.78 Å². The Balaban J connectivity index is 2.21. The minimum Gasteiger partial charge on any atom is -0.294 e. The van der Waals surface area contributed by atoms with Gasteiger partial charge in [-0.05, 0) is 42.8 Å². The first kappa shape index (κ1) is 12.9. The standard InChI is InChI=1S/C14H11BrFNO/c1-9-2-3-10(8-17-9)14(18)7-11-6-12(16)4-5-13(11)15/h2-6,8H,7H2,1H3. The predicted molar refractivity (Wildman–Crippen MR) is 71.1 cm³/mol. The summed E-state index contributed by atoms with van der Waals surface area (Å²) in [5, 5.41) is 0. The van der Waals surface area contributed by atoms with Crippen LogP contribution in [0, 0.1) is 12.7 Å². The van der Waals surface area contributed by atoms with Crippen molar-refractivity contribution in [1.82, 2.24) is 4.98 Å². The van der Waals surface area contributed by atoms with Crippen molar-refractivity contribution in [3.05, 3.63) is 63.6 Å². The zero-order valence-corrected chi connectivity index (χ0v) is 11.4. The quantitative estimate of drug-likeness (QED) is 0.809. The Morgan fingerprint density at radius 3 is 2.78 bits per heavy atom. The van der Waals surface area contributed by atoms with E-state index < -0.39 is 0 Å². The molecule has 2 nitrogen and oxygen atoms in total. The molecule has 0 aliphatic carbocycles. The fourth-order valence-electron chi connectivity index (χ4n) is 1.59. The number of hydrogen-bond acceptors (Lipinski definition) is 2. The zero-order valence-electron chi connectivity index (χ0n) is 9.78. The summed E-state index contributed by atoms with van der Waals surface area (Å²) in [5.74, 6) is -0.420. The van der Waals surface area contributed by atoms with Crippen LogP contribution in [0.4, 0.5) is 4.39 Å². The Kier molecular flexibility index (Phi) is 3.87. The lowest BCUT2D eigenvalue weighted by atomic mass is 10.0. The Hall–Kier alpha value is -1.55. The minimum atomic E-state index is -0.344. The molecule has 0 N–H and O–H groups in total. The first-order chi connectivity index (χ1) is 8.56. The van der Waals surface area contributed by atoms with E-state index in [4.69, 9.17) is 0 Å². The number of Topliss-reactive ketones (excluding diaryl/α,β-unsaturated/α-hetero) is 1. The van der Waals surface area contributed by atoms with Crippen LogP contribution in [-0.2, 0) is 6.42 Å². The molecule has 0 saturated heterocycles. The van der Waals surface area contributed by atoms with E-state index >= 15 is 0 Å². The molecule has 2 rings (SSSR count). The van der Waals surface area contributed by atoms with Gasteiger partial charge < -0.3 is 0 Å². The van der Waals surface area contributed by atoms with Crippen LogP contribution in [0.3, 0.4) is 0 Å². The summed E-state index contributed by atoms with van der Waals surface area (Å²) >= 11 is 3.31. The number of aromatic nitrogens is 1. The molecule has 0 unspecified atom stereocenters. The van der Waals surface area contributed by atoms with Gasteiger partial charge in [0, 0.05) is 28.3 Å². The van der Waals surface area contributed by atoms with Crippen LogP contribution in [-0.4, -0.2) is 10.8 Å². The van der Waals surface area contributed by atoms with Crippen molar-refractivity contribution in [2.75, 3.05) is 0 Å². The van der Waals surface area contributed by atoms with Gasteiger partial charge in [0.05, 0.1) is 0 Å². The number of nitrogens with zero attached hydrogens (tertiary/aromatic N) is 1. The summed E-state index contributed by atoms with van der Waals surface area (Å²) in [7, 11) is 0. The largest absolute Gasteiger partial charge is 0.294 e. The molecule has 0 radical (unpaired) electrons. The number of pyridine rings is 1. The van der Waals surface area contributed by atoms with E-state index in [1.54, 1.807) is 24.4 Å². The Bertz CT molecular complexity index is 581. The van der Waals surface area contributed by atoms with Gasteiger partial charge in [-0.2, -0.15) is 0 Å². The average molecular weight is 308 g/mol. The molecule has 0 aliphatic heterocycles. The molecule has 1 heterocycles. The Labute approximate surface area is 113 Å². The van der Waals surface area contributed by atoms with Gasteiger partial charge >= 0.3 is 0 Å². The van der Waals surface area contributed by atoms with Crippen molar-refractivity contribution in [2.45, 2.75) is 13.3 Å². The first-order valence-corrected chi connectivity index (χ1v) is 6.25. The van der Waals surface area contributed by atoms with Gasteiger partial charge in [-0.15, -0.1) is 0 Å². The maximum atomic E-state index is 13.1. The second-order valence-electron chi connectivity index (χ2n) is 4.02. The van der Waals surface area contributed by atoms with Gasteiger partial charge in [-0.1, -0.05) is 15.9 Å². The van der Waals surface area contributed by atoms with Crippen LogP contribution in [0.1, 0.15) is 21.6 Å². The number of carbonyl (C=O) groups excluding carboxylic acids is 1. The van der Waals surface area contributed by atoms with Gasteiger partial charge in [0.25, 0.3) is 0 Å².